The van der Waals surface area contributed by atoms with E-state index in [1.54, 1.807) is 24.3 Å². The summed E-state index contributed by atoms with van der Waals surface area (Å²) >= 11 is 6.76. The Kier molecular flexibility index (Phi) is 5.95. The van der Waals surface area contributed by atoms with E-state index in [1.807, 2.05) is 0 Å². The van der Waals surface area contributed by atoms with Crippen molar-refractivity contribution < 1.29 is 22.8 Å². The summed E-state index contributed by atoms with van der Waals surface area (Å²) in [6, 6.07) is 11.3. The van der Waals surface area contributed by atoms with E-state index >= 15 is 0 Å². The third-order valence-corrected chi connectivity index (χ3v) is 5.00. The molecule has 2 amide bonds. The number of hydrogen-bond acceptors (Lipinski definition) is 4. The first kappa shape index (κ1) is 20.2. The molecular formula is C18H13ClF3N3O2S. The number of halogens is 4. The Bertz CT molecular complexity index is 950. The van der Waals surface area contributed by atoms with E-state index in [1.165, 1.54) is 18.2 Å². The minimum Gasteiger partial charge on any atom is -0.326 e. The summed E-state index contributed by atoms with van der Waals surface area (Å²) in [7, 11) is 0. The topological polar surface area (TPSA) is 70.6 Å². The third-order valence-electron chi connectivity index (χ3n) is 3.69. The number of carbonyl (C=O) groups is 2. The number of aliphatic imine (C=N–C) groups is 1. The summed E-state index contributed by atoms with van der Waals surface area (Å²) in [5.41, 5.74) is -0.727. The fourth-order valence-electron chi connectivity index (χ4n) is 2.46. The van der Waals surface area contributed by atoms with Crippen LogP contribution in [0.2, 0.25) is 5.02 Å². The van der Waals surface area contributed by atoms with Crippen molar-refractivity contribution in [2.24, 2.45) is 4.99 Å². The molecule has 3 rings (SSSR count). The van der Waals surface area contributed by atoms with Crippen LogP contribution in [-0.2, 0) is 15.8 Å². The molecule has 146 valence electrons. The summed E-state index contributed by atoms with van der Waals surface area (Å²) in [5, 5.41) is 4.70. The van der Waals surface area contributed by atoms with Gasteiger partial charge < -0.3 is 10.6 Å². The van der Waals surface area contributed by atoms with Gasteiger partial charge in [0.25, 0.3) is 0 Å². The summed E-state index contributed by atoms with van der Waals surface area (Å²) < 4.78 is 39.2. The van der Waals surface area contributed by atoms with Crippen LogP contribution in [0.25, 0.3) is 0 Å². The first-order chi connectivity index (χ1) is 13.2. The normalized spacial score (nSPS) is 18.2. The molecule has 1 aliphatic heterocycles. The highest BCUT2D eigenvalue weighted by Gasteiger charge is 2.35. The number of amides is 2. The van der Waals surface area contributed by atoms with E-state index in [0.717, 1.165) is 17.8 Å². The number of rotatable bonds is 4. The van der Waals surface area contributed by atoms with Crippen LogP contribution < -0.4 is 10.6 Å². The van der Waals surface area contributed by atoms with Crippen LogP contribution in [0.5, 0.6) is 0 Å². The minimum atomic E-state index is -4.57. The number of para-hydroxylation sites is 1. The maximum absolute atomic E-state index is 13.1. The largest absolute Gasteiger partial charge is 0.418 e. The summed E-state index contributed by atoms with van der Waals surface area (Å²) in [4.78, 5) is 28.1. The summed E-state index contributed by atoms with van der Waals surface area (Å²) in [6.07, 6.45) is -4.73. The van der Waals surface area contributed by atoms with Gasteiger partial charge in [-0.2, -0.15) is 13.2 Å². The van der Waals surface area contributed by atoms with E-state index in [4.69, 9.17) is 11.6 Å². The Morgan fingerprint density at radius 1 is 1.21 bits per heavy atom. The molecule has 0 bridgehead atoms. The quantitative estimate of drug-likeness (QED) is 0.748. The van der Waals surface area contributed by atoms with Crippen molar-refractivity contribution in [3.8, 4) is 0 Å². The van der Waals surface area contributed by atoms with Crippen LogP contribution in [0.1, 0.15) is 12.0 Å². The fourth-order valence-corrected chi connectivity index (χ4v) is 3.63. The van der Waals surface area contributed by atoms with Gasteiger partial charge in [-0.3, -0.25) is 9.59 Å². The van der Waals surface area contributed by atoms with Crippen molar-refractivity contribution in [1.29, 1.82) is 0 Å². The zero-order chi connectivity index (χ0) is 20.3. The van der Waals surface area contributed by atoms with Crippen molar-refractivity contribution in [3.63, 3.8) is 0 Å². The molecule has 28 heavy (non-hydrogen) atoms. The molecule has 2 aromatic rings. The van der Waals surface area contributed by atoms with E-state index in [0.29, 0.717) is 10.7 Å². The molecule has 0 aliphatic carbocycles. The van der Waals surface area contributed by atoms with Gasteiger partial charge in [0.2, 0.25) is 11.8 Å². The number of alkyl halides is 3. The number of anilines is 1. The highest BCUT2D eigenvalue weighted by molar-refractivity contribution is 8.15. The molecule has 1 atom stereocenters. The molecule has 10 heteroatoms. The Balaban J connectivity index is 1.69. The summed E-state index contributed by atoms with van der Waals surface area (Å²) in [6.45, 7) is 0. The SMILES string of the molecule is O=C(C[C@@H]1SC(=Nc2ccccc2C(F)(F)F)NC1=O)Nc1cccc(Cl)c1. The molecule has 1 heterocycles. The zero-order valence-electron chi connectivity index (χ0n) is 14.1. The van der Waals surface area contributed by atoms with Gasteiger partial charge in [0, 0.05) is 17.1 Å². The first-order valence-corrected chi connectivity index (χ1v) is 9.26. The van der Waals surface area contributed by atoms with Gasteiger partial charge >= 0.3 is 6.18 Å². The van der Waals surface area contributed by atoms with Crippen LogP contribution in [0.15, 0.2) is 53.5 Å². The second-order valence-electron chi connectivity index (χ2n) is 5.79. The highest BCUT2D eigenvalue weighted by Crippen LogP contribution is 2.37. The van der Waals surface area contributed by atoms with Gasteiger partial charge in [0.15, 0.2) is 5.17 Å². The van der Waals surface area contributed by atoms with Gasteiger partial charge in [-0.15, -0.1) is 0 Å². The van der Waals surface area contributed by atoms with E-state index in [2.05, 4.69) is 15.6 Å². The highest BCUT2D eigenvalue weighted by atomic mass is 35.5. The van der Waals surface area contributed by atoms with Crippen molar-refractivity contribution >= 4 is 51.7 Å². The van der Waals surface area contributed by atoms with Crippen LogP contribution in [0, 0.1) is 0 Å². The van der Waals surface area contributed by atoms with Crippen LogP contribution in [0.4, 0.5) is 24.5 Å². The predicted molar refractivity (Wildman–Crippen MR) is 103 cm³/mol. The molecule has 1 fully saturated rings. The Morgan fingerprint density at radius 3 is 2.68 bits per heavy atom. The number of amidine groups is 1. The van der Waals surface area contributed by atoms with E-state index < -0.39 is 28.8 Å². The smallest absolute Gasteiger partial charge is 0.326 e. The molecule has 1 aliphatic rings. The molecule has 1 saturated heterocycles. The fraction of sp³-hybridized carbons (Fsp3) is 0.167. The number of nitrogens with zero attached hydrogens (tertiary/aromatic N) is 1. The zero-order valence-corrected chi connectivity index (χ0v) is 15.7. The number of nitrogens with one attached hydrogen (secondary N) is 2. The second kappa shape index (κ2) is 8.24. The van der Waals surface area contributed by atoms with Gasteiger partial charge in [0.1, 0.15) is 5.25 Å². The van der Waals surface area contributed by atoms with Crippen molar-refractivity contribution in [2.45, 2.75) is 17.8 Å². The number of carbonyl (C=O) groups excluding carboxylic acids is 2. The van der Waals surface area contributed by atoms with Crippen LogP contribution in [-0.4, -0.2) is 22.2 Å². The molecular weight excluding hydrogens is 415 g/mol. The molecule has 0 radical (unpaired) electrons. The van der Waals surface area contributed by atoms with Crippen molar-refractivity contribution in [3.05, 3.63) is 59.1 Å². The lowest BCUT2D eigenvalue weighted by atomic mass is 10.2. The maximum atomic E-state index is 13.1. The number of thioether (sulfide) groups is 1. The van der Waals surface area contributed by atoms with E-state index in [9.17, 15) is 22.8 Å². The van der Waals surface area contributed by atoms with Gasteiger partial charge in [0.05, 0.1) is 11.3 Å². The maximum Gasteiger partial charge on any atom is 0.418 e. The predicted octanol–water partition coefficient (Wildman–Crippen LogP) is 4.61. The average molecular weight is 428 g/mol. The van der Waals surface area contributed by atoms with Gasteiger partial charge in [-0.05, 0) is 30.3 Å². The van der Waals surface area contributed by atoms with E-state index in [-0.39, 0.29) is 17.3 Å². The summed E-state index contributed by atoms with van der Waals surface area (Å²) in [5.74, 6) is -0.915. The lowest BCUT2D eigenvalue weighted by Crippen LogP contribution is -2.28. The monoisotopic (exact) mass is 427 g/mol. The molecule has 2 aromatic carbocycles. The number of benzene rings is 2. The van der Waals surface area contributed by atoms with Crippen LogP contribution >= 0.6 is 23.4 Å². The van der Waals surface area contributed by atoms with Crippen molar-refractivity contribution in [2.75, 3.05) is 5.32 Å². The second-order valence-corrected chi connectivity index (χ2v) is 7.42. The molecule has 2 N–H and O–H groups in total. The molecule has 0 saturated carbocycles. The molecule has 0 unspecified atom stereocenters. The number of hydrogen-bond donors (Lipinski definition) is 2. The standard InChI is InChI=1S/C18H13ClF3N3O2S/c19-10-4-3-5-11(8-10)23-15(26)9-14-16(27)25-17(28-14)24-13-7-2-1-6-12(13)18(20,21)22/h1-8,14H,9H2,(H,23,26)(H,24,25,27)/t14-/m0/s1. The first-order valence-electron chi connectivity index (χ1n) is 8.00. The van der Waals surface area contributed by atoms with Gasteiger partial charge in [-0.25, -0.2) is 4.99 Å². The molecule has 0 aromatic heterocycles. The minimum absolute atomic E-state index is 0.0160. The van der Waals surface area contributed by atoms with Gasteiger partial charge in [-0.1, -0.05) is 41.6 Å². The van der Waals surface area contributed by atoms with Crippen LogP contribution in [0.3, 0.4) is 0 Å². The molecule has 0 spiro atoms. The average Bonchev–Trinajstić information content (AvgIpc) is 2.93. The Morgan fingerprint density at radius 2 is 1.96 bits per heavy atom. The lowest BCUT2D eigenvalue weighted by molar-refractivity contribution is -0.137. The van der Waals surface area contributed by atoms with Crippen molar-refractivity contribution in [1.82, 2.24) is 5.32 Å². The Hall–Kier alpha value is -2.52. The lowest BCUT2D eigenvalue weighted by Gasteiger charge is -2.09. The third kappa shape index (κ3) is 5.05. The Labute approximate surface area is 167 Å². The molecule has 5 nitrogen and oxygen atoms in total.